The van der Waals surface area contributed by atoms with Gasteiger partial charge in [-0.15, -0.1) is 0 Å². The summed E-state index contributed by atoms with van der Waals surface area (Å²) in [6.45, 7) is 4.08. The number of ether oxygens (including phenoxy) is 3. The molecule has 1 saturated carbocycles. The molecule has 1 amide bonds. The van der Waals surface area contributed by atoms with Crippen LogP contribution in [-0.2, 0) is 14.3 Å². The summed E-state index contributed by atoms with van der Waals surface area (Å²) in [4.78, 5) is 15.6. The Labute approximate surface area is 235 Å². The molecule has 3 aromatic rings. The van der Waals surface area contributed by atoms with Crippen LogP contribution in [0.2, 0.25) is 0 Å². The van der Waals surface area contributed by atoms with Crippen molar-refractivity contribution in [2.45, 2.75) is 76.5 Å². The number of carbonyl (C=O) groups is 1. The van der Waals surface area contributed by atoms with E-state index in [0.29, 0.717) is 0 Å². The van der Waals surface area contributed by atoms with E-state index in [1.165, 1.54) is 0 Å². The topological polar surface area (TPSA) is 94.8 Å². The normalized spacial score (nSPS) is 21.8. The molecule has 1 aliphatic carbocycles. The van der Waals surface area contributed by atoms with Gasteiger partial charge in [-0.1, -0.05) is 36.1 Å². The largest absolute Gasteiger partial charge is 0.490 e. The van der Waals surface area contributed by atoms with Crippen molar-refractivity contribution < 1.29 is 24.1 Å². The number of benzene rings is 2. The maximum Gasteiger partial charge on any atom is 0.217 e. The summed E-state index contributed by atoms with van der Waals surface area (Å²) >= 11 is 0. The lowest BCUT2D eigenvalue weighted by Gasteiger charge is -2.35. The number of imidazole rings is 1. The monoisotopic (exact) mass is 543 g/mol. The Morgan fingerprint density at radius 1 is 1.15 bits per heavy atom. The van der Waals surface area contributed by atoms with Crippen LogP contribution in [0.25, 0.3) is 11.1 Å². The van der Waals surface area contributed by atoms with Crippen molar-refractivity contribution in [1.82, 2.24) is 14.9 Å². The molecule has 2 heterocycles. The zero-order chi connectivity index (χ0) is 27.9. The molecule has 0 spiro atoms. The van der Waals surface area contributed by atoms with E-state index < -0.39 is 6.04 Å². The van der Waals surface area contributed by atoms with Crippen LogP contribution >= 0.6 is 0 Å². The second kappa shape index (κ2) is 13.1. The van der Waals surface area contributed by atoms with E-state index in [9.17, 15) is 9.90 Å². The van der Waals surface area contributed by atoms with Gasteiger partial charge < -0.3 is 29.2 Å². The van der Waals surface area contributed by atoms with E-state index in [1.807, 2.05) is 66.2 Å². The van der Waals surface area contributed by atoms with Gasteiger partial charge in [0, 0.05) is 50.4 Å². The van der Waals surface area contributed by atoms with Crippen molar-refractivity contribution in [2.75, 3.05) is 13.2 Å². The van der Waals surface area contributed by atoms with Gasteiger partial charge in [0.15, 0.2) is 6.29 Å². The summed E-state index contributed by atoms with van der Waals surface area (Å²) in [6, 6.07) is 15.9. The number of carbonyl (C=O) groups excluding carboxylic acids is 1. The van der Waals surface area contributed by atoms with E-state index in [4.69, 9.17) is 14.2 Å². The molecule has 0 radical (unpaired) electrons. The lowest BCUT2D eigenvalue weighted by atomic mass is 9.89. The molecule has 210 valence electrons. The molecular formula is C32H37N3O5. The van der Waals surface area contributed by atoms with E-state index >= 15 is 0 Å². The molecule has 3 atom stereocenters. The van der Waals surface area contributed by atoms with Crippen LogP contribution in [0.5, 0.6) is 5.75 Å². The lowest BCUT2D eigenvalue weighted by molar-refractivity contribution is -0.188. The van der Waals surface area contributed by atoms with Gasteiger partial charge in [-0.3, -0.25) is 4.79 Å². The predicted octanol–water partition coefficient (Wildman–Crippen LogP) is 4.79. The van der Waals surface area contributed by atoms with Crippen LogP contribution in [0.1, 0.15) is 69.5 Å². The van der Waals surface area contributed by atoms with Crippen molar-refractivity contribution in [2.24, 2.45) is 0 Å². The van der Waals surface area contributed by atoms with Crippen LogP contribution < -0.4 is 10.1 Å². The van der Waals surface area contributed by atoms with E-state index in [0.717, 1.165) is 67.0 Å². The minimum Gasteiger partial charge on any atom is -0.490 e. The van der Waals surface area contributed by atoms with E-state index in [-0.39, 0.29) is 37.1 Å². The van der Waals surface area contributed by atoms with Gasteiger partial charge in [0.25, 0.3) is 0 Å². The van der Waals surface area contributed by atoms with Gasteiger partial charge in [-0.2, -0.15) is 0 Å². The molecule has 40 heavy (non-hydrogen) atoms. The first-order chi connectivity index (χ1) is 19.5. The van der Waals surface area contributed by atoms with Crippen LogP contribution in [0.3, 0.4) is 0 Å². The Hall–Kier alpha value is -3.64. The lowest BCUT2D eigenvalue weighted by Crippen LogP contribution is -2.48. The fourth-order valence-corrected chi connectivity index (χ4v) is 5.11. The Bertz CT molecular complexity index is 1310. The summed E-state index contributed by atoms with van der Waals surface area (Å²) in [7, 11) is 0. The molecule has 2 fully saturated rings. The van der Waals surface area contributed by atoms with Gasteiger partial charge in [0.2, 0.25) is 5.91 Å². The fraction of sp³-hybridized carbons (Fsp3) is 0.438. The maximum absolute atomic E-state index is 11.1. The molecule has 1 aliphatic heterocycles. The van der Waals surface area contributed by atoms with Gasteiger partial charge in [-0.25, -0.2) is 4.98 Å². The first-order valence-electron chi connectivity index (χ1n) is 14.0. The minimum atomic E-state index is -0.438. The highest BCUT2D eigenvalue weighted by molar-refractivity contribution is 5.73. The number of amides is 1. The molecule has 8 heteroatoms. The van der Waals surface area contributed by atoms with Crippen molar-refractivity contribution in [1.29, 1.82) is 0 Å². The van der Waals surface area contributed by atoms with Crippen molar-refractivity contribution in [3.8, 4) is 28.7 Å². The van der Waals surface area contributed by atoms with E-state index in [2.05, 4.69) is 22.1 Å². The number of aliphatic hydroxyl groups excluding tert-OH is 1. The third-order valence-electron chi connectivity index (χ3n) is 7.33. The second-order valence-corrected chi connectivity index (χ2v) is 10.4. The van der Waals surface area contributed by atoms with Crippen LogP contribution in [-0.4, -0.2) is 52.2 Å². The quantitative estimate of drug-likeness (QED) is 0.377. The number of nitrogens with one attached hydrogen (secondary N) is 1. The first-order valence-corrected chi connectivity index (χ1v) is 14.0. The van der Waals surface area contributed by atoms with Crippen LogP contribution in [0.15, 0.2) is 60.9 Å². The molecule has 2 aliphatic rings. The van der Waals surface area contributed by atoms with Gasteiger partial charge in [0.05, 0.1) is 6.61 Å². The molecule has 2 aromatic carbocycles. The molecular weight excluding hydrogens is 506 g/mol. The average Bonchev–Trinajstić information content (AvgIpc) is 3.43. The fourth-order valence-electron chi connectivity index (χ4n) is 5.11. The van der Waals surface area contributed by atoms with Crippen molar-refractivity contribution in [3.05, 3.63) is 72.3 Å². The Morgan fingerprint density at radius 3 is 2.52 bits per heavy atom. The number of hydrogen-bond donors (Lipinski definition) is 2. The highest BCUT2D eigenvalue weighted by atomic mass is 16.7. The highest BCUT2D eigenvalue weighted by Gasteiger charge is 2.31. The molecule has 2 N–H and O–H groups in total. The number of aliphatic hydroxyl groups is 1. The summed E-state index contributed by atoms with van der Waals surface area (Å²) in [5.41, 5.74) is 3.03. The van der Waals surface area contributed by atoms with Gasteiger partial charge in [-0.05, 0) is 61.6 Å². The SMILES string of the molecule is CC(=O)NC1CC(Oc2ccc(-c3ccc(C#C[C@@H](CO)n4ccnc4[C@H](C)OC4CCCCO4)cc3)cc2)C1. The third kappa shape index (κ3) is 7.11. The second-order valence-electron chi connectivity index (χ2n) is 10.4. The first kappa shape index (κ1) is 27.9. The molecule has 1 saturated heterocycles. The van der Waals surface area contributed by atoms with Crippen molar-refractivity contribution >= 4 is 5.91 Å². The minimum absolute atomic E-state index is 0.00561. The number of aromatic nitrogens is 2. The molecule has 1 aromatic heterocycles. The smallest absolute Gasteiger partial charge is 0.217 e. The summed E-state index contributed by atoms with van der Waals surface area (Å²) in [5, 5.41) is 13.0. The summed E-state index contributed by atoms with van der Waals surface area (Å²) < 4.78 is 19.7. The Balaban J connectivity index is 1.18. The van der Waals surface area contributed by atoms with E-state index in [1.54, 1.807) is 13.1 Å². The Morgan fingerprint density at radius 2 is 1.88 bits per heavy atom. The van der Waals surface area contributed by atoms with Crippen molar-refractivity contribution in [3.63, 3.8) is 0 Å². The molecule has 1 unspecified atom stereocenters. The Kier molecular flexibility index (Phi) is 9.17. The number of hydrogen-bond acceptors (Lipinski definition) is 6. The standard InChI is InChI=1S/C32H37N3O5/c1-22(39-31-5-3-4-18-38-31)32-33-16-17-35(32)28(21-36)13-8-24-6-9-25(10-7-24)26-11-14-29(15-12-26)40-30-19-27(20-30)34-23(2)37/h6-7,9-12,14-17,22,27-28,30-31,36H,3-5,18-21H2,1-2H3,(H,34,37)/t22-,27?,28-,30?,31?/m0/s1. The predicted molar refractivity (Wildman–Crippen MR) is 151 cm³/mol. The summed E-state index contributed by atoms with van der Waals surface area (Å²) in [5.74, 6) is 7.95. The number of nitrogens with zero attached hydrogens (tertiary/aromatic N) is 2. The van der Waals surface area contributed by atoms with Gasteiger partial charge in [0.1, 0.15) is 29.8 Å². The van der Waals surface area contributed by atoms with Crippen LogP contribution in [0, 0.1) is 11.8 Å². The molecule has 0 bridgehead atoms. The third-order valence-corrected chi connectivity index (χ3v) is 7.33. The molecule has 8 nitrogen and oxygen atoms in total. The molecule has 5 rings (SSSR count). The zero-order valence-electron chi connectivity index (χ0n) is 23.1. The number of rotatable bonds is 9. The van der Waals surface area contributed by atoms with Gasteiger partial charge >= 0.3 is 0 Å². The summed E-state index contributed by atoms with van der Waals surface area (Å²) in [6.07, 6.45) is 7.90. The average molecular weight is 544 g/mol. The maximum atomic E-state index is 11.1. The van der Waals surface area contributed by atoms with Crippen LogP contribution in [0.4, 0.5) is 0 Å². The highest BCUT2D eigenvalue weighted by Crippen LogP contribution is 2.29. The zero-order valence-corrected chi connectivity index (χ0v) is 23.1.